The van der Waals surface area contributed by atoms with Crippen LogP contribution in [0.4, 0.5) is 8.78 Å². The van der Waals surface area contributed by atoms with Gasteiger partial charge >= 0.3 is 0 Å². The van der Waals surface area contributed by atoms with Crippen LogP contribution in [0, 0.1) is 11.6 Å². The van der Waals surface area contributed by atoms with Crippen LogP contribution in [0.2, 0.25) is 0 Å². The molecule has 0 amide bonds. The zero-order chi connectivity index (χ0) is 15.7. The van der Waals surface area contributed by atoms with Crippen molar-refractivity contribution in [3.05, 3.63) is 41.2 Å². The molecule has 3 rings (SSSR count). The van der Waals surface area contributed by atoms with Gasteiger partial charge in [-0.15, -0.1) is 0 Å². The van der Waals surface area contributed by atoms with Gasteiger partial charge in [0.15, 0.2) is 11.6 Å². The van der Waals surface area contributed by atoms with Gasteiger partial charge in [-0.2, -0.15) is 0 Å². The second-order valence-corrected chi connectivity index (χ2v) is 5.65. The first kappa shape index (κ1) is 15.2. The molecule has 1 aromatic rings. The summed E-state index contributed by atoms with van der Waals surface area (Å²) in [5.74, 6) is -1.10. The largest absolute Gasteiger partial charge is 0.488 e. The van der Waals surface area contributed by atoms with Gasteiger partial charge in [-0.3, -0.25) is 0 Å². The van der Waals surface area contributed by atoms with Crippen LogP contribution in [0.5, 0.6) is 5.75 Å². The summed E-state index contributed by atoms with van der Waals surface area (Å²) in [6.07, 6.45) is 2.95. The predicted octanol–water partition coefficient (Wildman–Crippen LogP) is 1.69. The Morgan fingerprint density at radius 1 is 1.45 bits per heavy atom. The van der Waals surface area contributed by atoms with Gasteiger partial charge in [0.05, 0.1) is 6.04 Å². The lowest BCUT2D eigenvalue weighted by Crippen LogP contribution is -2.49. The number of benzene rings is 1. The first-order valence-corrected chi connectivity index (χ1v) is 7.60. The van der Waals surface area contributed by atoms with Crippen molar-refractivity contribution < 1.29 is 13.5 Å². The average Bonchev–Trinajstić information content (AvgIpc) is 2.89. The Hall–Kier alpha value is -1.73. The molecule has 3 N–H and O–H groups in total. The number of halogens is 2. The molecular weight excluding hydrogens is 308 g/mol. The van der Waals surface area contributed by atoms with E-state index in [4.69, 9.17) is 22.7 Å². The molecule has 0 aromatic heterocycles. The topological polar surface area (TPSA) is 50.5 Å². The highest BCUT2D eigenvalue weighted by Crippen LogP contribution is 2.33. The normalized spacial score (nSPS) is 23.4. The minimum atomic E-state index is -0.655. The molecule has 118 valence electrons. The van der Waals surface area contributed by atoms with Crippen LogP contribution >= 0.6 is 12.2 Å². The number of rotatable bonds is 4. The van der Waals surface area contributed by atoms with Gasteiger partial charge in [-0.25, -0.2) is 8.78 Å². The lowest BCUT2D eigenvalue weighted by atomic mass is 10.00. The second-order valence-electron chi connectivity index (χ2n) is 5.37. The van der Waals surface area contributed by atoms with Crippen molar-refractivity contribution in [2.24, 2.45) is 5.73 Å². The minimum absolute atomic E-state index is 0.0503. The summed E-state index contributed by atoms with van der Waals surface area (Å²) < 4.78 is 32.7. The second kappa shape index (κ2) is 6.18. The van der Waals surface area contributed by atoms with Gasteiger partial charge in [0.2, 0.25) is 0 Å². The van der Waals surface area contributed by atoms with Crippen molar-refractivity contribution in [3.63, 3.8) is 0 Å². The van der Waals surface area contributed by atoms with E-state index in [9.17, 15) is 8.78 Å². The Labute approximate surface area is 132 Å². The molecule has 0 bridgehead atoms. The van der Waals surface area contributed by atoms with E-state index in [0.29, 0.717) is 31.6 Å². The Morgan fingerprint density at radius 2 is 2.27 bits per heavy atom. The molecule has 2 atom stereocenters. The van der Waals surface area contributed by atoms with Crippen LogP contribution in [0.3, 0.4) is 0 Å². The third kappa shape index (κ3) is 2.66. The van der Waals surface area contributed by atoms with E-state index in [0.717, 1.165) is 11.8 Å². The summed E-state index contributed by atoms with van der Waals surface area (Å²) >= 11 is 5.06. The summed E-state index contributed by atoms with van der Waals surface area (Å²) in [5.41, 5.74) is 7.21. The lowest BCUT2D eigenvalue weighted by molar-refractivity contribution is 0.133. The van der Waals surface area contributed by atoms with E-state index in [1.807, 2.05) is 6.20 Å². The fourth-order valence-corrected chi connectivity index (χ4v) is 3.24. The molecule has 22 heavy (non-hydrogen) atoms. The molecule has 2 aliphatic heterocycles. The van der Waals surface area contributed by atoms with E-state index in [1.165, 1.54) is 6.07 Å². The van der Waals surface area contributed by atoms with Crippen LogP contribution in [-0.2, 0) is 6.42 Å². The Balaban J connectivity index is 1.86. The van der Waals surface area contributed by atoms with Crippen molar-refractivity contribution in [2.45, 2.75) is 25.0 Å². The van der Waals surface area contributed by atoms with Crippen molar-refractivity contribution in [1.82, 2.24) is 10.2 Å². The predicted molar refractivity (Wildman–Crippen MR) is 83.5 cm³/mol. The number of thiocarbonyl (C=S) groups is 1. The van der Waals surface area contributed by atoms with E-state index in [2.05, 4.69) is 10.2 Å². The molecule has 4 nitrogen and oxygen atoms in total. The van der Waals surface area contributed by atoms with Gasteiger partial charge in [0.1, 0.15) is 18.6 Å². The molecular formula is C15H17F2N3OS. The van der Waals surface area contributed by atoms with E-state index < -0.39 is 11.6 Å². The molecule has 7 heteroatoms. The average molecular weight is 325 g/mol. The molecule has 0 aliphatic carbocycles. The first-order chi connectivity index (χ1) is 10.6. The van der Waals surface area contributed by atoms with E-state index in [-0.39, 0.29) is 18.0 Å². The van der Waals surface area contributed by atoms with Crippen molar-refractivity contribution in [2.75, 3.05) is 13.2 Å². The van der Waals surface area contributed by atoms with E-state index >= 15 is 0 Å². The molecule has 0 spiro atoms. The number of ether oxygens (including phenoxy) is 1. The van der Waals surface area contributed by atoms with E-state index in [1.54, 1.807) is 5.37 Å². The number of nitrogens with zero attached hydrogens (tertiary/aromatic N) is 1. The fourth-order valence-electron chi connectivity index (χ4n) is 3.03. The molecule has 0 saturated carbocycles. The summed E-state index contributed by atoms with van der Waals surface area (Å²) in [6, 6.07) is 2.12. The maximum Gasteiger partial charge on any atom is 0.168 e. The summed E-state index contributed by atoms with van der Waals surface area (Å²) in [6.45, 7) is 0.834. The molecule has 2 unspecified atom stereocenters. The molecule has 1 aromatic carbocycles. The monoisotopic (exact) mass is 325 g/mol. The van der Waals surface area contributed by atoms with Crippen molar-refractivity contribution >= 4 is 17.6 Å². The minimum Gasteiger partial charge on any atom is -0.488 e. The zero-order valence-corrected chi connectivity index (χ0v) is 12.7. The quantitative estimate of drug-likeness (QED) is 0.825. The van der Waals surface area contributed by atoms with Crippen LogP contribution in [0.15, 0.2) is 24.0 Å². The summed E-state index contributed by atoms with van der Waals surface area (Å²) in [7, 11) is 0. The van der Waals surface area contributed by atoms with Gasteiger partial charge < -0.3 is 20.7 Å². The number of hydrogen-bond acceptors (Lipinski definition) is 5. The standard InChI is InChI=1S/C15H17F2N3OS/c16-10-3-9-4-12(7-21-15(9)13(17)5-10)20-11(1-2-18)6-19-14(20)8-22/h3,5-6,8,12,14,19H,1-2,4,7,18H2. The molecule has 0 saturated heterocycles. The zero-order valence-electron chi connectivity index (χ0n) is 11.9. The third-order valence-corrected chi connectivity index (χ3v) is 4.19. The smallest absolute Gasteiger partial charge is 0.168 e. The van der Waals surface area contributed by atoms with Crippen LogP contribution < -0.4 is 15.8 Å². The third-order valence-electron chi connectivity index (χ3n) is 3.94. The Morgan fingerprint density at radius 3 is 3.00 bits per heavy atom. The highest BCUT2D eigenvalue weighted by Gasteiger charge is 2.34. The first-order valence-electron chi connectivity index (χ1n) is 7.13. The van der Waals surface area contributed by atoms with Gasteiger partial charge in [-0.1, -0.05) is 12.2 Å². The molecule has 2 aliphatic rings. The molecule has 0 radical (unpaired) electrons. The van der Waals surface area contributed by atoms with Gasteiger partial charge in [-0.05, 0) is 19.0 Å². The van der Waals surface area contributed by atoms with Gasteiger partial charge in [0.25, 0.3) is 0 Å². The SMILES string of the molecule is NCCC1=CNC(C=S)N1C1COc2c(F)cc(F)cc2C1. The maximum atomic E-state index is 13.7. The van der Waals surface area contributed by atoms with Crippen LogP contribution in [0.1, 0.15) is 12.0 Å². The Kier molecular flexibility index (Phi) is 4.26. The number of hydrogen-bond donors (Lipinski definition) is 2. The fraction of sp³-hybridized carbons (Fsp3) is 0.400. The highest BCUT2D eigenvalue weighted by molar-refractivity contribution is 7.79. The Bertz CT molecular complexity index is 623. The van der Waals surface area contributed by atoms with Crippen LogP contribution in [-0.4, -0.2) is 35.6 Å². The lowest BCUT2D eigenvalue weighted by Gasteiger charge is -2.38. The maximum absolute atomic E-state index is 13.7. The number of fused-ring (bicyclic) bond motifs is 1. The highest BCUT2D eigenvalue weighted by atomic mass is 32.1. The summed E-state index contributed by atoms with van der Waals surface area (Å²) in [4.78, 5) is 2.09. The summed E-state index contributed by atoms with van der Waals surface area (Å²) in [5, 5.41) is 4.81. The van der Waals surface area contributed by atoms with Crippen LogP contribution in [0.25, 0.3) is 0 Å². The van der Waals surface area contributed by atoms with Gasteiger partial charge in [0, 0.05) is 35.3 Å². The molecule has 0 fully saturated rings. The molecule has 2 heterocycles. The van der Waals surface area contributed by atoms with Crippen molar-refractivity contribution in [1.29, 1.82) is 0 Å². The number of nitrogens with one attached hydrogen (secondary N) is 1. The van der Waals surface area contributed by atoms with Crippen molar-refractivity contribution in [3.8, 4) is 5.75 Å². The number of nitrogens with two attached hydrogens (primary N) is 1.